The van der Waals surface area contributed by atoms with E-state index in [0.717, 1.165) is 36.8 Å². The van der Waals surface area contributed by atoms with Crippen LogP contribution in [0.1, 0.15) is 59.8 Å². The van der Waals surface area contributed by atoms with Crippen molar-refractivity contribution in [2.75, 3.05) is 6.79 Å². The van der Waals surface area contributed by atoms with E-state index in [4.69, 9.17) is 9.47 Å². The van der Waals surface area contributed by atoms with Gasteiger partial charge in [0, 0.05) is 18.8 Å². The number of rotatable bonds is 7. The quantitative estimate of drug-likeness (QED) is 0.543. The molecule has 2 aromatic carbocycles. The van der Waals surface area contributed by atoms with E-state index in [-0.39, 0.29) is 31.2 Å². The standard InChI is InChI=1S/C28H29N3O4/c32-27(30-22-11-5-2-6-12-22)26(21-9-3-1-4-10-21)31(28(33)23-13-7-8-16-29-23)18-20-14-15-24-25(17-20)35-19-34-24/h1,3-4,7-10,13-17,22,26H,2,5-6,11-12,18-19H2,(H,30,32)/t26-/m0/s1. The number of amides is 2. The molecule has 1 aliphatic carbocycles. The van der Waals surface area contributed by atoms with E-state index < -0.39 is 6.04 Å². The first kappa shape index (κ1) is 22.9. The number of aromatic nitrogens is 1. The second-order valence-corrected chi connectivity index (χ2v) is 8.99. The predicted molar refractivity (Wildman–Crippen MR) is 131 cm³/mol. The number of nitrogens with one attached hydrogen (secondary N) is 1. The summed E-state index contributed by atoms with van der Waals surface area (Å²) in [6.45, 7) is 0.384. The summed E-state index contributed by atoms with van der Waals surface area (Å²) in [6, 6.07) is 19.6. The Hall–Kier alpha value is -3.87. The zero-order valence-corrected chi connectivity index (χ0v) is 19.6. The molecule has 35 heavy (non-hydrogen) atoms. The van der Waals surface area contributed by atoms with Crippen molar-refractivity contribution < 1.29 is 19.1 Å². The molecule has 1 atom stereocenters. The van der Waals surface area contributed by atoms with Gasteiger partial charge in [0.2, 0.25) is 12.7 Å². The van der Waals surface area contributed by atoms with Gasteiger partial charge in [0.15, 0.2) is 11.5 Å². The summed E-state index contributed by atoms with van der Waals surface area (Å²) >= 11 is 0. The molecule has 2 aliphatic rings. The molecule has 0 radical (unpaired) electrons. The number of carbonyl (C=O) groups is 2. The van der Waals surface area contributed by atoms with Crippen molar-refractivity contribution in [3.05, 3.63) is 89.7 Å². The van der Waals surface area contributed by atoms with Crippen LogP contribution in [0, 0.1) is 0 Å². The number of hydrogen-bond acceptors (Lipinski definition) is 5. The Labute approximate surface area is 205 Å². The van der Waals surface area contributed by atoms with Crippen LogP contribution in [0.2, 0.25) is 0 Å². The normalized spacial score (nSPS) is 15.9. The molecule has 1 fully saturated rings. The molecule has 5 rings (SSSR count). The van der Waals surface area contributed by atoms with Crippen molar-refractivity contribution in [1.82, 2.24) is 15.2 Å². The Kier molecular flexibility index (Phi) is 6.93. The molecule has 1 aromatic heterocycles. The lowest BCUT2D eigenvalue weighted by molar-refractivity contribution is -0.127. The molecule has 7 nitrogen and oxygen atoms in total. The molecule has 0 spiro atoms. The second-order valence-electron chi connectivity index (χ2n) is 8.99. The number of fused-ring (bicyclic) bond motifs is 1. The fourth-order valence-electron chi connectivity index (χ4n) is 4.79. The van der Waals surface area contributed by atoms with Crippen LogP contribution in [0.25, 0.3) is 0 Å². The summed E-state index contributed by atoms with van der Waals surface area (Å²) < 4.78 is 11.0. The van der Waals surface area contributed by atoms with E-state index in [0.29, 0.717) is 17.2 Å². The molecule has 1 aliphatic heterocycles. The third-order valence-electron chi connectivity index (χ3n) is 6.56. The summed E-state index contributed by atoms with van der Waals surface area (Å²) in [4.78, 5) is 33.5. The van der Waals surface area contributed by atoms with Crippen molar-refractivity contribution in [2.45, 2.75) is 50.7 Å². The molecule has 2 heterocycles. The van der Waals surface area contributed by atoms with Crippen molar-refractivity contribution in [1.29, 1.82) is 0 Å². The lowest BCUT2D eigenvalue weighted by Gasteiger charge is -2.33. The zero-order valence-electron chi connectivity index (χ0n) is 19.6. The van der Waals surface area contributed by atoms with Crippen LogP contribution in [-0.4, -0.2) is 34.5 Å². The highest BCUT2D eigenvalue weighted by atomic mass is 16.7. The Bertz CT molecular complexity index is 1160. The molecule has 3 aromatic rings. The summed E-state index contributed by atoms with van der Waals surface area (Å²) in [7, 11) is 0. The fraction of sp³-hybridized carbons (Fsp3) is 0.321. The van der Waals surface area contributed by atoms with Gasteiger partial charge >= 0.3 is 0 Å². The second kappa shape index (κ2) is 10.6. The highest BCUT2D eigenvalue weighted by Gasteiger charge is 2.34. The Balaban J connectivity index is 1.52. The number of benzene rings is 2. The first-order valence-corrected chi connectivity index (χ1v) is 12.1. The molecule has 0 saturated heterocycles. The van der Waals surface area contributed by atoms with Crippen molar-refractivity contribution in [3.8, 4) is 11.5 Å². The minimum atomic E-state index is -0.807. The molecule has 180 valence electrons. The van der Waals surface area contributed by atoms with Crippen molar-refractivity contribution in [3.63, 3.8) is 0 Å². The molecule has 1 saturated carbocycles. The van der Waals surface area contributed by atoms with Crippen LogP contribution in [0.3, 0.4) is 0 Å². The van der Waals surface area contributed by atoms with Crippen LogP contribution in [0.15, 0.2) is 72.9 Å². The Morgan fingerprint density at radius 1 is 0.943 bits per heavy atom. The van der Waals surface area contributed by atoms with Gasteiger partial charge in [-0.2, -0.15) is 0 Å². The van der Waals surface area contributed by atoms with E-state index in [9.17, 15) is 9.59 Å². The van der Waals surface area contributed by atoms with Gasteiger partial charge in [-0.25, -0.2) is 0 Å². The van der Waals surface area contributed by atoms with Gasteiger partial charge in [0.05, 0.1) is 0 Å². The summed E-state index contributed by atoms with van der Waals surface area (Å²) in [5.74, 6) is 0.825. The maximum absolute atomic E-state index is 13.8. The number of nitrogens with zero attached hydrogens (tertiary/aromatic N) is 2. The van der Waals surface area contributed by atoms with E-state index in [2.05, 4.69) is 10.3 Å². The average molecular weight is 472 g/mol. The molecule has 0 bridgehead atoms. The average Bonchev–Trinajstić information content (AvgIpc) is 3.38. The summed E-state index contributed by atoms with van der Waals surface area (Å²) in [5, 5.41) is 3.23. The van der Waals surface area contributed by atoms with Crippen LogP contribution >= 0.6 is 0 Å². The third-order valence-corrected chi connectivity index (χ3v) is 6.56. The maximum Gasteiger partial charge on any atom is 0.273 e. The topological polar surface area (TPSA) is 80.8 Å². The summed E-state index contributed by atoms with van der Waals surface area (Å²) in [6.07, 6.45) is 6.92. The number of pyridine rings is 1. The first-order valence-electron chi connectivity index (χ1n) is 12.1. The van der Waals surface area contributed by atoms with Gasteiger partial charge < -0.3 is 19.7 Å². The monoisotopic (exact) mass is 471 g/mol. The zero-order chi connectivity index (χ0) is 24.0. The minimum Gasteiger partial charge on any atom is -0.454 e. The molecule has 2 amide bonds. The smallest absolute Gasteiger partial charge is 0.273 e. The molecular formula is C28H29N3O4. The van der Waals surface area contributed by atoms with Gasteiger partial charge in [0.1, 0.15) is 11.7 Å². The largest absolute Gasteiger partial charge is 0.454 e. The highest BCUT2D eigenvalue weighted by Crippen LogP contribution is 2.34. The molecule has 7 heteroatoms. The lowest BCUT2D eigenvalue weighted by atomic mass is 9.94. The SMILES string of the molecule is O=C(NC1CCCCC1)[C@H](c1ccccc1)N(Cc1ccc2c(c1)OCO2)C(=O)c1ccccn1. The van der Waals surface area contributed by atoms with Crippen molar-refractivity contribution >= 4 is 11.8 Å². The summed E-state index contributed by atoms with van der Waals surface area (Å²) in [5.41, 5.74) is 1.88. The predicted octanol–water partition coefficient (Wildman–Crippen LogP) is 4.64. The molecule has 0 unspecified atom stereocenters. The van der Waals surface area contributed by atoms with E-state index >= 15 is 0 Å². The third kappa shape index (κ3) is 5.29. The Morgan fingerprint density at radius 3 is 2.49 bits per heavy atom. The van der Waals surface area contributed by atoms with Crippen LogP contribution in [0.4, 0.5) is 0 Å². The van der Waals surface area contributed by atoms with E-state index in [1.807, 2.05) is 48.5 Å². The highest BCUT2D eigenvalue weighted by molar-refractivity contribution is 5.96. The Morgan fingerprint density at radius 2 is 1.71 bits per heavy atom. The lowest BCUT2D eigenvalue weighted by Crippen LogP contribution is -2.47. The maximum atomic E-state index is 13.8. The number of carbonyl (C=O) groups excluding carboxylic acids is 2. The van der Waals surface area contributed by atoms with Gasteiger partial charge in [0.25, 0.3) is 5.91 Å². The molecular weight excluding hydrogens is 442 g/mol. The number of ether oxygens (including phenoxy) is 2. The van der Waals surface area contributed by atoms with Crippen LogP contribution in [-0.2, 0) is 11.3 Å². The van der Waals surface area contributed by atoms with E-state index in [1.165, 1.54) is 6.42 Å². The van der Waals surface area contributed by atoms with Crippen LogP contribution < -0.4 is 14.8 Å². The van der Waals surface area contributed by atoms with Gasteiger partial charge in [-0.05, 0) is 48.2 Å². The van der Waals surface area contributed by atoms with Gasteiger partial charge in [-0.3, -0.25) is 14.6 Å². The minimum absolute atomic E-state index is 0.125. The van der Waals surface area contributed by atoms with E-state index in [1.54, 1.807) is 29.3 Å². The first-order chi connectivity index (χ1) is 17.2. The fourth-order valence-corrected chi connectivity index (χ4v) is 4.79. The van der Waals surface area contributed by atoms with Gasteiger partial charge in [-0.1, -0.05) is 61.7 Å². The van der Waals surface area contributed by atoms with Crippen LogP contribution in [0.5, 0.6) is 11.5 Å². The van der Waals surface area contributed by atoms with Gasteiger partial charge in [-0.15, -0.1) is 0 Å². The number of hydrogen-bond donors (Lipinski definition) is 1. The molecule has 1 N–H and O–H groups in total. The van der Waals surface area contributed by atoms with Crippen molar-refractivity contribution in [2.24, 2.45) is 0 Å².